The van der Waals surface area contributed by atoms with E-state index in [4.69, 9.17) is 0 Å². The van der Waals surface area contributed by atoms with Gasteiger partial charge in [0, 0.05) is 24.8 Å². The van der Waals surface area contributed by atoms with Crippen LogP contribution in [0.2, 0.25) is 0 Å². The second kappa shape index (κ2) is 4.71. The predicted octanol–water partition coefficient (Wildman–Crippen LogP) is 1.83. The number of carbonyl (C=O) groups excluding carboxylic acids is 1. The summed E-state index contributed by atoms with van der Waals surface area (Å²) in [5, 5.41) is 8.02. The van der Waals surface area contributed by atoms with E-state index in [1.165, 1.54) is 11.3 Å². The maximum Gasteiger partial charge on any atom is 0.259 e. The van der Waals surface area contributed by atoms with E-state index in [0.717, 1.165) is 0 Å². The Morgan fingerprint density at radius 3 is 3.00 bits per heavy atom. The van der Waals surface area contributed by atoms with Gasteiger partial charge in [-0.2, -0.15) is 0 Å². The quantitative estimate of drug-likeness (QED) is 0.850. The van der Waals surface area contributed by atoms with Crippen molar-refractivity contribution in [2.45, 2.75) is 0 Å². The Morgan fingerprint density at radius 2 is 2.31 bits per heavy atom. The average Bonchev–Trinajstić information content (AvgIpc) is 2.81. The molecule has 0 fully saturated rings. The second-order valence-corrected chi connectivity index (χ2v) is 3.86. The third kappa shape index (κ3) is 2.17. The molecule has 82 valence electrons. The highest BCUT2D eigenvalue weighted by Crippen LogP contribution is 2.16. The highest BCUT2D eigenvalue weighted by atomic mass is 32.1. The van der Waals surface area contributed by atoms with Gasteiger partial charge in [-0.3, -0.25) is 15.1 Å². The molecule has 0 saturated carbocycles. The van der Waals surface area contributed by atoms with Crippen LogP contribution in [-0.4, -0.2) is 22.9 Å². The van der Waals surface area contributed by atoms with E-state index in [1.54, 1.807) is 37.1 Å². The summed E-state index contributed by atoms with van der Waals surface area (Å²) < 4.78 is 0. The summed E-state index contributed by atoms with van der Waals surface area (Å²) >= 11 is 1.38. The third-order valence-electron chi connectivity index (χ3n) is 1.99. The standard InChI is InChI=1S/C10H10N4OS/c1-11-8-6-12-3-2-7(8)9(15)14-10-13-4-5-16-10/h2-6,11H,1H3,(H,13,14,15). The van der Waals surface area contributed by atoms with Crippen LogP contribution in [0.3, 0.4) is 0 Å². The molecule has 0 aromatic carbocycles. The molecule has 0 aliphatic rings. The summed E-state index contributed by atoms with van der Waals surface area (Å²) in [5.74, 6) is -0.193. The maximum atomic E-state index is 11.9. The highest BCUT2D eigenvalue weighted by molar-refractivity contribution is 7.13. The molecule has 2 aromatic rings. The molecule has 0 unspecified atom stereocenters. The minimum absolute atomic E-state index is 0.193. The number of amides is 1. The van der Waals surface area contributed by atoms with Crippen LogP contribution in [0.5, 0.6) is 0 Å². The lowest BCUT2D eigenvalue weighted by molar-refractivity contribution is 0.102. The molecule has 2 N–H and O–H groups in total. The molecular weight excluding hydrogens is 224 g/mol. The van der Waals surface area contributed by atoms with Crippen LogP contribution in [0.4, 0.5) is 10.8 Å². The smallest absolute Gasteiger partial charge is 0.259 e. The number of anilines is 2. The molecule has 0 aliphatic heterocycles. The molecule has 0 aliphatic carbocycles. The van der Waals surface area contributed by atoms with Crippen LogP contribution in [0, 0.1) is 0 Å². The van der Waals surface area contributed by atoms with Crippen molar-refractivity contribution >= 4 is 28.1 Å². The summed E-state index contributed by atoms with van der Waals surface area (Å²) in [5.41, 5.74) is 1.24. The number of hydrogen-bond acceptors (Lipinski definition) is 5. The molecule has 0 atom stereocenters. The summed E-state index contributed by atoms with van der Waals surface area (Å²) in [4.78, 5) is 19.8. The molecule has 0 saturated heterocycles. The van der Waals surface area contributed by atoms with Crippen LogP contribution in [0.1, 0.15) is 10.4 Å². The number of nitrogens with zero attached hydrogens (tertiary/aromatic N) is 2. The number of thiazole rings is 1. The minimum atomic E-state index is -0.193. The van der Waals surface area contributed by atoms with E-state index >= 15 is 0 Å². The lowest BCUT2D eigenvalue weighted by Crippen LogP contribution is -2.13. The van der Waals surface area contributed by atoms with Gasteiger partial charge in [-0.1, -0.05) is 0 Å². The zero-order valence-electron chi connectivity index (χ0n) is 8.60. The molecule has 16 heavy (non-hydrogen) atoms. The average molecular weight is 234 g/mol. The van der Waals surface area contributed by atoms with Gasteiger partial charge in [0.1, 0.15) is 0 Å². The van der Waals surface area contributed by atoms with Crippen molar-refractivity contribution in [2.75, 3.05) is 17.7 Å². The number of carbonyl (C=O) groups is 1. The van der Waals surface area contributed by atoms with Gasteiger partial charge in [0.05, 0.1) is 17.4 Å². The topological polar surface area (TPSA) is 66.9 Å². The van der Waals surface area contributed by atoms with E-state index in [1.807, 2.05) is 0 Å². The SMILES string of the molecule is CNc1cnccc1C(=O)Nc1nccs1. The van der Waals surface area contributed by atoms with E-state index in [2.05, 4.69) is 20.6 Å². The van der Waals surface area contributed by atoms with Crippen molar-refractivity contribution in [3.05, 3.63) is 35.6 Å². The van der Waals surface area contributed by atoms with Crippen LogP contribution in [0.15, 0.2) is 30.0 Å². The van der Waals surface area contributed by atoms with Gasteiger partial charge in [0.25, 0.3) is 5.91 Å². The van der Waals surface area contributed by atoms with Crippen LogP contribution < -0.4 is 10.6 Å². The van der Waals surface area contributed by atoms with Gasteiger partial charge >= 0.3 is 0 Å². The number of pyridine rings is 1. The van der Waals surface area contributed by atoms with Crippen molar-refractivity contribution < 1.29 is 4.79 Å². The number of hydrogen-bond donors (Lipinski definition) is 2. The lowest BCUT2D eigenvalue weighted by Gasteiger charge is -2.06. The fourth-order valence-corrected chi connectivity index (χ4v) is 1.77. The zero-order valence-corrected chi connectivity index (χ0v) is 9.41. The molecule has 0 radical (unpaired) electrons. The van der Waals surface area contributed by atoms with Crippen molar-refractivity contribution in [1.29, 1.82) is 0 Å². The van der Waals surface area contributed by atoms with Gasteiger partial charge < -0.3 is 5.32 Å². The van der Waals surface area contributed by atoms with E-state index in [9.17, 15) is 4.79 Å². The Bertz CT molecular complexity index is 483. The first-order valence-electron chi connectivity index (χ1n) is 4.64. The molecule has 5 nitrogen and oxygen atoms in total. The molecule has 0 bridgehead atoms. The van der Waals surface area contributed by atoms with Crippen LogP contribution in [-0.2, 0) is 0 Å². The van der Waals surface area contributed by atoms with Gasteiger partial charge in [0.15, 0.2) is 5.13 Å². The van der Waals surface area contributed by atoms with Crippen molar-refractivity contribution in [2.24, 2.45) is 0 Å². The highest BCUT2D eigenvalue weighted by Gasteiger charge is 2.11. The monoisotopic (exact) mass is 234 g/mol. The molecule has 2 heterocycles. The second-order valence-electron chi connectivity index (χ2n) is 2.96. The summed E-state index contributed by atoms with van der Waals surface area (Å²) in [6.07, 6.45) is 4.83. The lowest BCUT2D eigenvalue weighted by atomic mass is 10.2. The zero-order chi connectivity index (χ0) is 11.4. The molecule has 6 heteroatoms. The Hall–Kier alpha value is -1.95. The molecule has 2 rings (SSSR count). The summed E-state index contributed by atoms with van der Waals surface area (Å²) in [6.45, 7) is 0. The first-order chi connectivity index (χ1) is 7.81. The van der Waals surface area contributed by atoms with Gasteiger partial charge in [0.2, 0.25) is 0 Å². The van der Waals surface area contributed by atoms with Gasteiger partial charge in [-0.25, -0.2) is 4.98 Å². The first kappa shape index (κ1) is 10.6. The summed E-state index contributed by atoms with van der Waals surface area (Å²) in [7, 11) is 1.75. The van der Waals surface area contributed by atoms with Crippen LogP contribution >= 0.6 is 11.3 Å². The van der Waals surface area contributed by atoms with E-state index in [-0.39, 0.29) is 5.91 Å². The molecule has 1 amide bonds. The van der Waals surface area contributed by atoms with Gasteiger partial charge in [-0.05, 0) is 6.07 Å². The number of rotatable bonds is 3. The molecular formula is C10H10N4OS. The Labute approximate surface area is 96.6 Å². The Balaban J connectivity index is 2.21. The molecule has 2 aromatic heterocycles. The maximum absolute atomic E-state index is 11.9. The Kier molecular flexibility index (Phi) is 3.11. The van der Waals surface area contributed by atoms with E-state index in [0.29, 0.717) is 16.4 Å². The van der Waals surface area contributed by atoms with Crippen molar-refractivity contribution in [3.8, 4) is 0 Å². The van der Waals surface area contributed by atoms with Crippen molar-refractivity contribution in [1.82, 2.24) is 9.97 Å². The normalized spacial score (nSPS) is 9.81. The minimum Gasteiger partial charge on any atom is -0.386 e. The summed E-state index contributed by atoms with van der Waals surface area (Å²) in [6, 6.07) is 1.66. The van der Waals surface area contributed by atoms with Crippen molar-refractivity contribution in [3.63, 3.8) is 0 Å². The largest absolute Gasteiger partial charge is 0.386 e. The third-order valence-corrected chi connectivity index (χ3v) is 2.68. The predicted molar refractivity (Wildman–Crippen MR) is 63.9 cm³/mol. The van der Waals surface area contributed by atoms with Gasteiger partial charge in [-0.15, -0.1) is 11.3 Å². The fourth-order valence-electron chi connectivity index (χ4n) is 1.24. The number of aromatic nitrogens is 2. The fraction of sp³-hybridized carbons (Fsp3) is 0.100. The van der Waals surface area contributed by atoms with E-state index < -0.39 is 0 Å². The van der Waals surface area contributed by atoms with Crippen LogP contribution in [0.25, 0.3) is 0 Å². The number of nitrogens with one attached hydrogen (secondary N) is 2. The Morgan fingerprint density at radius 1 is 1.44 bits per heavy atom. The molecule has 0 spiro atoms. The first-order valence-corrected chi connectivity index (χ1v) is 5.52.